The Hall–Kier alpha value is -1.76. The number of hydrogen-bond donors (Lipinski definition) is 1. The fourth-order valence-corrected chi connectivity index (χ4v) is 3.51. The van der Waals surface area contributed by atoms with Crippen LogP contribution in [0.25, 0.3) is 0 Å². The second-order valence-electron chi connectivity index (χ2n) is 6.07. The van der Waals surface area contributed by atoms with E-state index >= 15 is 0 Å². The number of benzene rings is 1. The number of piperazine rings is 1. The zero-order valence-electron chi connectivity index (χ0n) is 14.4. The van der Waals surface area contributed by atoms with Gasteiger partial charge in [0.15, 0.2) is 0 Å². The number of rotatable bonds is 6. The molecule has 6 heteroatoms. The van der Waals surface area contributed by atoms with Crippen molar-refractivity contribution in [1.29, 1.82) is 0 Å². The number of likely N-dealkylation sites (N-methyl/N-ethyl adjacent to an activating group) is 1. The summed E-state index contributed by atoms with van der Waals surface area (Å²) in [6.07, 6.45) is 1.90. The van der Waals surface area contributed by atoms with E-state index in [1.54, 1.807) is 11.3 Å². The van der Waals surface area contributed by atoms with Gasteiger partial charge in [0.2, 0.25) is 5.13 Å². The molecule has 1 aliphatic heterocycles. The average molecular weight is 344 g/mol. The summed E-state index contributed by atoms with van der Waals surface area (Å²) in [5.41, 5.74) is 6.52. The first kappa shape index (κ1) is 17.1. The van der Waals surface area contributed by atoms with Crippen molar-refractivity contribution in [2.75, 3.05) is 38.1 Å². The van der Waals surface area contributed by atoms with Gasteiger partial charge in [-0.15, -0.1) is 11.3 Å². The van der Waals surface area contributed by atoms with Crippen molar-refractivity contribution in [2.45, 2.75) is 20.4 Å². The van der Waals surface area contributed by atoms with Gasteiger partial charge >= 0.3 is 0 Å². The summed E-state index contributed by atoms with van der Waals surface area (Å²) in [5, 5.41) is 7.20. The number of aromatic nitrogens is 1. The Morgan fingerprint density at radius 2 is 1.96 bits per heavy atom. The predicted octanol–water partition coefficient (Wildman–Crippen LogP) is 3.04. The summed E-state index contributed by atoms with van der Waals surface area (Å²) in [4.78, 5) is 9.38. The van der Waals surface area contributed by atoms with Crippen molar-refractivity contribution in [1.82, 2.24) is 14.8 Å². The molecule has 0 atom stereocenters. The highest BCUT2D eigenvalue weighted by atomic mass is 32.1. The second-order valence-corrected chi connectivity index (χ2v) is 6.93. The molecule has 1 aromatic carbocycles. The molecule has 0 unspecified atom stereocenters. The van der Waals surface area contributed by atoms with Crippen LogP contribution >= 0.6 is 11.3 Å². The van der Waals surface area contributed by atoms with Crippen molar-refractivity contribution in [3.63, 3.8) is 0 Å². The first-order chi connectivity index (χ1) is 11.7. The van der Waals surface area contributed by atoms with Crippen LogP contribution in [0.2, 0.25) is 0 Å². The van der Waals surface area contributed by atoms with Crippen LogP contribution in [0.5, 0.6) is 0 Å². The van der Waals surface area contributed by atoms with Crippen LogP contribution in [0, 0.1) is 6.92 Å². The highest BCUT2D eigenvalue weighted by Crippen LogP contribution is 2.15. The summed E-state index contributed by atoms with van der Waals surface area (Å²) >= 11 is 1.57. The van der Waals surface area contributed by atoms with Crippen LogP contribution in [0.15, 0.2) is 34.7 Å². The summed E-state index contributed by atoms with van der Waals surface area (Å²) in [7, 11) is 0. The lowest BCUT2D eigenvalue weighted by atomic mass is 10.1. The molecule has 1 N–H and O–H groups in total. The lowest BCUT2D eigenvalue weighted by Crippen LogP contribution is -2.45. The fraction of sp³-hybridized carbons (Fsp3) is 0.444. The van der Waals surface area contributed by atoms with Gasteiger partial charge in [0.25, 0.3) is 0 Å². The molecule has 0 amide bonds. The highest BCUT2D eigenvalue weighted by molar-refractivity contribution is 7.13. The van der Waals surface area contributed by atoms with E-state index in [1.807, 2.05) is 18.5 Å². The monoisotopic (exact) mass is 343 g/mol. The third-order valence-electron chi connectivity index (χ3n) is 4.34. The van der Waals surface area contributed by atoms with E-state index in [4.69, 9.17) is 0 Å². The van der Waals surface area contributed by atoms with Crippen molar-refractivity contribution in [2.24, 2.45) is 5.10 Å². The number of hydrazone groups is 1. The molecule has 1 aliphatic rings. The lowest BCUT2D eigenvalue weighted by Gasteiger charge is -2.34. The summed E-state index contributed by atoms with van der Waals surface area (Å²) < 4.78 is 0. The lowest BCUT2D eigenvalue weighted by molar-refractivity contribution is 0.132. The maximum absolute atomic E-state index is 4.35. The first-order valence-corrected chi connectivity index (χ1v) is 9.36. The smallest absolute Gasteiger partial charge is 0.203 e. The number of nitrogens with one attached hydrogen (secondary N) is 1. The molecule has 0 bridgehead atoms. The molecule has 2 aromatic rings. The van der Waals surface area contributed by atoms with E-state index in [1.165, 1.54) is 5.56 Å². The van der Waals surface area contributed by atoms with E-state index in [9.17, 15) is 0 Å². The molecule has 1 saturated heterocycles. The number of thiazole rings is 1. The van der Waals surface area contributed by atoms with Crippen LogP contribution < -0.4 is 5.43 Å². The Kier molecular flexibility index (Phi) is 5.96. The van der Waals surface area contributed by atoms with Gasteiger partial charge in [-0.3, -0.25) is 10.3 Å². The van der Waals surface area contributed by atoms with Crippen molar-refractivity contribution in [3.8, 4) is 0 Å². The molecule has 0 radical (unpaired) electrons. The largest absolute Gasteiger partial charge is 0.301 e. The van der Waals surface area contributed by atoms with E-state index in [0.717, 1.165) is 55.7 Å². The number of anilines is 1. The maximum Gasteiger partial charge on any atom is 0.203 e. The Morgan fingerprint density at radius 1 is 1.21 bits per heavy atom. The van der Waals surface area contributed by atoms with Gasteiger partial charge in [0, 0.05) is 38.1 Å². The average Bonchev–Trinajstić information content (AvgIpc) is 3.02. The molecule has 1 fully saturated rings. The van der Waals surface area contributed by atoms with Crippen molar-refractivity contribution >= 4 is 22.7 Å². The summed E-state index contributed by atoms with van der Waals surface area (Å²) in [6, 6.07) is 8.48. The van der Waals surface area contributed by atoms with Crippen LogP contribution in [0.4, 0.5) is 5.13 Å². The molecule has 0 aliphatic carbocycles. The standard InChI is InChI=1S/C18H25N5S/c1-3-22-8-10-23(11-9-22)13-17-7-5-4-6-16(17)12-19-21-18-20-15(2)14-24-18/h4-7,12,14H,3,8-11,13H2,1-2H3,(H,20,21). The van der Waals surface area contributed by atoms with Crippen molar-refractivity contribution in [3.05, 3.63) is 46.5 Å². The van der Waals surface area contributed by atoms with E-state index in [2.05, 4.69) is 56.5 Å². The van der Waals surface area contributed by atoms with Gasteiger partial charge in [-0.2, -0.15) is 5.10 Å². The molecular formula is C18H25N5S. The zero-order valence-corrected chi connectivity index (χ0v) is 15.2. The number of aryl methyl sites for hydroxylation is 1. The molecule has 0 spiro atoms. The maximum atomic E-state index is 4.35. The van der Waals surface area contributed by atoms with Gasteiger partial charge in [-0.05, 0) is 24.6 Å². The second kappa shape index (κ2) is 8.37. The summed E-state index contributed by atoms with van der Waals surface area (Å²) in [6.45, 7) is 11.0. The van der Waals surface area contributed by atoms with Crippen LogP contribution in [-0.2, 0) is 6.54 Å². The molecule has 24 heavy (non-hydrogen) atoms. The van der Waals surface area contributed by atoms with Gasteiger partial charge in [0.05, 0.1) is 11.9 Å². The van der Waals surface area contributed by atoms with Gasteiger partial charge in [-0.25, -0.2) is 4.98 Å². The minimum atomic E-state index is 0.830. The fourth-order valence-electron chi connectivity index (χ4n) is 2.87. The molecule has 2 heterocycles. The normalized spacial score (nSPS) is 16.8. The minimum Gasteiger partial charge on any atom is -0.301 e. The summed E-state index contributed by atoms with van der Waals surface area (Å²) in [5.74, 6) is 0. The predicted molar refractivity (Wildman–Crippen MR) is 102 cm³/mol. The highest BCUT2D eigenvalue weighted by Gasteiger charge is 2.16. The van der Waals surface area contributed by atoms with Crippen molar-refractivity contribution < 1.29 is 0 Å². The van der Waals surface area contributed by atoms with Gasteiger partial charge in [-0.1, -0.05) is 31.2 Å². The molecule has 1 aromatic heterocycles. The Balaban J connectivity index is 1.60. The zero-order chi connectivity index (χ0) is 16.8. The minimum absolute atomic E-state index is 0.830. The van der Waals surface area contributed by atoms with Crippen LogP contribution in [0.3, 0.4) is 0 Å². The molecule has 0 saturated carbocycles. The molecule has 5 nitrogen and oxygen atoms in total. The topological polar surface area (TPSA) is 43.8 Å². The van der Waals surface area contributed by atoms with Gasteiger partial charge in [0.1, 0.15) is 0 Å². The first-order valence-electron chi connectivity index (χ1n) is 8.48. The molecule has 128 valence electrons. The van der Waals surface area contributed by atoms with Crippen LogP contribution in [0.1, 0.15) is 23.7 Å². The number of nitrogens with zero attached hydrogens (tertiary/aromatic N) is 4. The Morgan fingerprint density at radius 3 is 2.67 bits per heavy atom. The molecule has 3 rings (SSSR count). The van der Waals surface area contributed by atoms with E-state index in [-0.39, 0.29) is 0 Å². The van der Waals surface area contributed by atoms with Crippen LogP contribution in [-0.4, -0.2) is 53.7 Å². The Bertz CT molecular complexity index is 674. The molecular weight excluding hydrogens is 318 g/mol. The SMILES string of the molecule is CCN1CCN(Cc2ccccc2C=NNc2nc(C)cs2)CC1. The van der Waals surface area contributed by atoms with E-state index in [0.29, 0.717) is 0 Å². The van der Waals surface area contributed by atoms with Gasteiger partial charge < -0.3 is 4.90 Å². The third-order valence-corrected chi connectivity index (χ3v) is 5.21. The third kappa shape index (κ3) is 4.63. The number of hydrogen-bond acceptors (Lipinski definition) is 6. The Labute approximate surface area is 148 Å². The quantitative estimate of drug-likeness (QED) is 0.647. The van der Waals surface area contributed by atoms with E-state index < -0.39 is 0 Å².